The third-order valence-corrected chi connectivity index (χ3v) is 8.54. The second-order valence-corrected chi connectivity index (χ2v) is 11.5. The van der Waals surface area contributed by atoms with Crippen molar-refractivity contribution in [3.05, 3.63) is 12.2 Å². The molecule has 0 aromatic carbocycles. The largest absolute Gasteiger partial charge is 0.477 e. The molecular formula is C32H60NO6+. The molecule has 0 fully saturated rings. The highest BCUT2D eigenvalue weighted by atomic mass is 16.4. The Hall–Kier alpha value is -1.89. The van der Waals surface area contributed by atoms with E-state index in [9.17, 15) is 29.7 Å². The average molecular weight is 555 g/mol. The van der Waals surface area contributed by atoms with E-state index in [0.29, 0.717) is 6.42 Å². The lowest BCUT2D eigenvalue weighted by Gasteiger charge is -2.47. The van der Waals surface area contributed by atoms with E-state index in [1.807, 2.05) is 0 Å². The maximum absolute atomic E-state index is 11.8. The van der Waals surface area contributed by atoms with Crippen LogP contribution in [-0.4, -0.2) is 62.4 Å². The lowest BCUT2D eigenvalue weighted by atomic mass is 10.00. The van der Waals surface area contributed by atoms with Crippen LogP contribution >= 0.6 is 0 Å². The summed E-state index contributed by atoms with van der Waals surface area (Å²) in [5, 5.41) is 28.9. The van der Waals surface area contributed by atoms with E-state index in [-0.39, 0.29) is 6.54 Å². The van der Waals surface area contributed by atoms with E-state index >= 15 is 0 Å². The number of hydrogen-bond donors (Lipinski definition) is 3. The quantitative estimate of drug-likeness (QED) is 0.0536. The molecule has 0 rings (SSSR count). The van der Waals surface area contributed by atoms with Crippen LogP contribution in [0.3, 0.4) is 0 Å². The number of carboxylic acids is 3. The highest BCUT2D eigenvalue weighted by molar-refractivity contribution is 5.77. The van der Waals surface area contributed by atoms with Gasteiger partial charge in [0, 0.05) is 0 Å². The Bertz CT molecular complexity index is 642. The number of aliphatic carboxylic acids is 3. The second kappa shape index (κ2) is 22.9. The van der Waals surface area contributed by atoms with Crippen LogP contribution in [0.4, 0.5) is 0 Å². The van der Waals surface area contributed by atoms with Crippen LogP contribution in [0.5, 0.6) is 0 Å². The molecule has 0 aromatic heterocycles. The minimum absolute atomic E-state index is 0.216. The molecular weight excluding hydrogens is 494 g/mol. The van der Waals surface area contributed by atoms with Gasteiger partial charge in [0.2, 0.25) is 0 Å². The topological polar surface area (TPSA) is 112 Å². The van der Waals surface area contributed by atoms with Crippen LogP contribution in [0.1, 0.15) is 150 Å². The van der Waals surface area contributed by atoms with Crippen LogP contribution < -0.4 is 0 Å². The maximum atomic E-state index is 11.8. The summed E-state index contributed by atoms with van der Waals surface area (Å²) in [6.45, 7) is 6.75. The Balaban J connectivity index is 4.07. The Morgan fingerprint density at radius 3 is 1.10 bits per heavy atom. The summed E-state index contributed by atoms with van der Waals surface area (Å²) >= 11 is 0. The molecule has 0 aliphatic rings. The molecule has 3 atom stereocenters. The van der Waals surface area contributed by atoms with Crippen molar-refractivity contribution in [2.45, 2.75) is 168 Å². The molecule has 0 heterocycles. The van der Waals surface area contributed by atoms with Crippen molar-refractivity contribution in [2.24, 2.45) is 0 Å². The van der Waals surface area contributed by atoms with Crippen molar-refractivity contribution in [3.8, 4) is 0 Å². The molecule has 3 unspecified atom stereocenters. The molecule has 228 valence electrons. The normalized spacial score (nSPS) is 15.6. The van der Waals surface area contributed by atoms with Gasteiger partial charge in [0.15, 0.2) is 18.1 Å². The highest BCUT2D eigenvalue weighted by Gasteiger charge is 2.52. The minimum atomic E-state index is -1.17. The third-order valence-electron chi connectivity index (χ3n) is 8.54. The van der Waals surface area contributed by atoms with Gasteiger partial charge in [-0.2, -0.15) is 0 Å². The van der Waals surface area contributed by atoms with Gasteiger partial charge in [-0.3, -0.25) is 4.48 Å². The summed E-state index contributed by atoms with van der Waals surface area (Å²) in [5.74, 6) is -3.52. The molecule has 0 aliphatic heterocycles. The highest BCUT2D eigenvalue weighted by Crippen LogP contribution is 2.27. The second-order valence-electron chi connectivity index (χ2n) is 11.5. The fraction of sp³-hybridized carbons (Fsp3) is 0.844. The molecule has 7 heteroatoms. The summed E-state index contributed by atoms with van der Waals surface area (Å²) in [7, 11) is 0. The van der Waals surface area contributed by atoms with Crippen LogP contribution in [0.25, 0.3) is 0 Å². The van der Waals surface area contributed by atoms with Crippen molar-refractivity contribution in [2.75, 3.05) is 6.54 Å². The van der Waals surface area contributed by atoms with E-state index in [1.165, 1.54) is 97.8 Å². The molecule has 0 bridgehead atoms. The van der Waals surface area contributed by atoms with Gasteiger partial charge >= 0.3 is 17.9 Å². The molecule has 0 aromatic rings. The predicted molar refractivity (Wildman–Crippen MR) is 159 cm³/mol. The van der Waals surface area contributed by atoms with Crippen molar-refractivity contribution in [3.63, 3.8) is 0 Å². The van der Waals surface area contributed by atoms with Gasteiger partial charge in [0.1, 0.15) is 0 Å². The van der Waals surface area contributed by atoms with E-state index in [1.54, 1.807) is 0 Å². The Morgan fingerprint density at radius 1 is 0.513 bits per heavy atom. The predicted octanol–water partition coefficient (Wildman–Crippen LogP) is 8.21. The summed E-state index contributed by atoms with van der Waals surface area (Å²) in [5.41, 5.74) is 0. The van der Waals surface area contributed by atoms with E-state index in [2.05, 4.69) is 19.1 Å². The Labute approximate surface area is 238 Å². The first-order chi connectivity index (χ1) is 18.6. The van der Waals surface area contributed by atoms with Crippen LogP contribution in [-0.2, 0) is 14.4 Å². The van der Waals surface area contributed by atoms with Gasteiger partial charge in [0.25, 0.3) is 0 Å². The molecule has 0 aliphatic carbocycles. The van der Waals surface area contributed by atoms with E-state index < -0.39 is 40.5 Å². The fourth-order valence-electron chi connectivity index (χ4n) is 5.72. The first kappa shape index (κ1) is 37.1. The smallest absolute Gasteiger partial charge is 0.362 e. The van der Waals surface area contributed by atoms with Gasteiger partial charge in [-0.1, -0.05) is 103 Å². The number of carboxylic acid groups (broad SMARTS) is 3. The van der Waals surface area contributed by atoms with E-state index in [0.717, 1.165) is 38.5 Å². The first-order valence-electron chi connectivity index (χ1n) is 15.8. The number of carbonyl (C=O) groups is 3. The number of nitrogens with zero attached hydrogens (tertiary/aromatic N) is 1. The number of quaternary nitrogens is 1. The van der Waals surface area contributed by atoms with Crippen molar-refractivity contribution in [1.29, 1.82) is 0 Å². The summed E-state index contributed by atoms with van der Waals surface area (Å²) < 4.78 is -0.484. The van der Waals surface area contributed by atoms with E-state index in [4.69, 9.17) is 0 Å². The monoisotopic (exact) mass is 554 g/mol. The Morgan fingerprint density at radius 2 is 0.795 bits per heavy atom. The maximum Gasteiger partial charge on any atom is 0.362 e. The first-order valence-corrected chi connectivity index (χ1v) is 15.8. The zero-order chi connectivity index (χ0) is 29.5. The average Bonchev–Trinajstić information content (AvgIpc) is 2.90. The van der Waals surface area contributed by atoms with Crippen LogP contribution in [0, 0.1) is 0 Å². The van der Waals surface area contributed by atoms with Crippen molar-refractivity contribution in [1.82, 2.24) is 0 Å². The number of unbranched alkanes of at least 4 members (excludes halogenated alkanes) is 17. The fourth-order valence-corrected chi connectivity index (χ4v) is 5.72. The molecule has 0 saturated carbocycles. The Kier molecular flexibility index (Phi) is 21.8. The minimum Gasteiger partial charge on any atom is -0.477 e. The lowest BCUT2D eigenvalue weighted by Crippen LogP contribution is -2.70. The summed E-state index contributed by atoms with van der Waals surface area (Å²) in [4.78, 5) is 35.4. The van der Waals surface area contributed by atoms with Crippen molar-refractivity contribution >= 4 is 17.9 Å². The van der Waals surface area contributed by atoms with Crippen LogP contribution in [0.2, 0.25) is 0 Å². The molecule has 7 nitrogen and oxygen atoms in total. The van der Waals surface area contributed by atoms with Gasteiger partial charge in [-0.15, -0.1) is 0 Å². The lowest BCUT2D eigenvalue weighted by molar-refractivity contribution is -0.968. The summed E-state index contributed by atoms with van der Waals surface area (Å²) in [6, 6.07) is -3.38. The molecule has 0 amide bonds. The third kappa shape index (κ3) is 15.5. The number of rotatable bonds is 27. The van der Waals surface area contributed by atoms with Gasteiger partial charge in [-0.05, 0) is 59.3 Å². The number of hydrogen-bond acceptors (Lipinski definition) is 3. The SMILES string of the molecule is CCCCCCCCCCCCCC/C=C/CCCCCCC[N+](C(C)C(=O)O)(C(C)C(=O)O)C(C)C(=O)O. The molecule has 39 heavy (non-hydrogen) atoms. The van der Waals surface area contributed by atoms with Gasteiger partial charge in [-0.25, -0.2) is 14.4 Å². The molecule has 0 spiro atoms. The van der Waals surface area contributed by atoms with Crippen LogP contribution in [0.15, 0.2) is 12.2 Å². The van der Waals surface area contributed by atoms with Crippen molar-refractivity contribution < 1.29 is 34.2 Å². The number of allylic oxidation sites excluding steroid dienone is 2. The summed E-state index contributed by atoms with van der Waals surface area (Å²) in [6.07, 6.45) is 27.8. The zero-order valence-corrected chi connectivity index (χ0v) is 25.5. The molecule has 0 saturated heterocycles. The molecule has 3 N–H and O–H groups in total. The zero-order valence-electron chi connectivity index (χ0n) is 25.5. The molecule has 0 radical (unpaired) electrons. The van der Waals surface area contributed by atoms with Gasteiger partial charge < -0.3 is 15.3 Å². The van der Waals surface area contributed by atoms with Gasteiger partial charge in [0.05, 0.1) is 6.54 Å². The standard InChI is InChI=1S/C32H59NO6/c1-5-6-7-8-9-10-11-12-13-14-15-16-17-18-19-20-21-22-23-24-25-26-33(27(2)30(34)35,28(3)31(36)37)29(4)32(38)39/h18-19,27-29H,5-17,20-26H2,1-4H3,(H2-,34,35,36,37,38,39)/p+1/b19-18+.